The number of hydrogen-bond donors (Lipinski definition) is 3. The summed E-state index contributed by atoms with van der Waals surface area (Å²) >= 11 is 0. The Morgan fingerprint density at radius 1 is 1.30 bits per heavy atom. The van der Waals surface area contributed by atoms with Gasteiger partial charge >= 0.3 is 0 Å². The van der Waals surface area contributed by atoms with Crippen molar-refractivity contribution in [2.45, 2.75) is 58.5 Å². The summed E-state index contributed by atoms with van der Waals surface area (Å²) in [7, 11) is 0. The van der Waals surface area contributed by atoms with E-state index < -0.39 is 0 Å². The number of piperidine rings is 1. The molecule has 27 heavy (non-hydrogen) atoms. The van der Waals surface area contributed by atoms with Gasteiger partial charge in [-0.25, -0.2) is 0 Å². The quantitative estimate of drug-likeness (QED) is 0.580. The normalized spacial score (nSPS) is 20.6. The molecule has 6 nitrogen and oxygen atoms in total. The fourth-order valence-electron chi connectivity index (χ4n) is 3.39. The van der Waals surface area contributed by atoms with Crippen LogP contribution in [0.1, 0.15) is 58.1 Å². The first-order chi connectivity index (χ1) is 13.0. The standard InChI is InChI=1S/C21H33N3O3/c1-4-27-19-9-7-17(8-10-19)16(3)24-20(25)6-5-12-23-21(26)18-11-13-22-15(2)14-18/h7-10,15-16,18,22H,4-6,11-14H2,1-3H3,(H,23,26)(H,24,25)/t15-,16?,18-/m0/s1. The van der Waals surface area contributed by atoms with Gasteiger partial charge < -0.3 is 20.7 Å². The average molecular weight is 376 g/mol. The largest absolute Gasteiger partial charge is 0.494 e. The highest BCUT2D eigenvalue weighted by Crippen LogP contribution is 2.18. The highest BCUT2D eigenvalue weighted by Gasteiger charge is 2.24. The first-order valence-corrected chi connectivity index (χ1v) is 10.0. The van der Waals surface area contributed by atoms with Crippen LogP contribution in [-0.4, -0.2) is 37.6 Å². The maximum Gasteiger partial charge on any atom is 0.223 e. The minimum absolute atomic E-state index is 0.00104. The number of benzene rings is 1. The van der Waals surface area contributed by atoms with Crippen LogP contribution in [-0.2, 0) is 9.59 Å². The summed E-state index contributed by atoms with van der Waals surface area (Å²) in [5, 5.41) is 9.33. The molecular formula is C21H33N3O3. The molecule has 2 rings (SSSR count). The Kier molecular flexibility index (Phi) is 8.58. The maximum absolute atomic E-state index is 12.2. The van der Waals surface area contributed by atoms with Gasteiger partial charge in [-0.05, 0) is 64.3 Å². The third-order valence-electron chi connectivity index (χ3n) is 4.94. The summed E-state index contributed by atoms with van der Waals surface area (Å²) in [6.45, 7) is 8.10. The monoisotopic (exact) mass is 375 g/mol. The Balaban J connectivity index is 1.64. The Morgan fingerprint density at radius 3 is 2.70 bits per heavy atom. The van der Waals surface area contributed by atoms with Crippen molar-refractivity contribution < 1.29 is 14.3 Å². The third kappa shape index (κ3) is 7.21. The van der Waals surface area contributed by atoms with Crippen molar-refractivity contribution in [2.75, 3.05) is 19.7 Å². The van der Waals surface area contributed by atoms with Crippen molar-refractivity contribution in [3.63, 3.8) is 0 Å². The molecule has 1 aromatic carbocycles. The highest BCUT2D eigenvalue weighted by atomic mass is 16.5. The fraction of sp³-hybridized carbons (Fsp3) is 0.619. The van der Waals surface area contributed by atoms with Gasteiger partial charge in [-0.15, -0.1) is 0 Å². The fourth-order valence-corrected chi connectivity index (χ4v) is 3.39. The molecule has 0 aromatic heterocycles. The van der Waals surface area contributed by atoms with Crippen LogP contribution < -0.4 is 20.7 Å². The Bertz CT molecular complexity index is 603. The van der Waals surface area contributed by atoms with Gasteiger partial charge in [0.2, 0.25) is 11.8 Å². The predicted octanol–water partition coefficient (Wildman–Crippen LogP) is 2.55. The number of rotatable bonds is 9. The van der Waals surface area contributed by atoms with E-state index in [1.807, 2.05) is 38.1 Å². The lowest BCUT2D eigenvalue weighted by Crippen LogP contribution is -2.42. The molecule has 1 aliphatic heterocycles. The lowest BCUT2D eigenvalue weighted by Gasteiger charge is -2.27. The topological polar surface area (TPSA) is 79.5 Å². The molecule has 0 bridgehead atoms. The van der Waals surface area contributed by atoms with Crippen LogP contribution in [0.4, 0.5) is 0 Å². The second-order valence-corrected chi connectivity index (χ2v) is 7.26. The zero-order valence-corrected chi connectivity index (χ0v) is 16.7. The molecule has 1 aromatic rings. The van der Waals surface area contributed by atoms with E-state index in [-0.39, 0.29) is 23.8 Å². The van der Waals surface area contributed by atoms with E-state index in [1.54, 1.807) is 0 Å². The Hall–Kier alpha value is -2.08. The summed E-state index contributed by atoms with van der Waals surface area (Å²) in [5.41, 5.74) is 1.04. The van der Waals surface area contributed by atoms with Crippen LogP contribution in [0.3, 0.4) is 0 Å². The van der Waals surface area contributed by atoms with Crippen molar-refractivity contribution in [3.8, 4) is 5.75 Å². The van der Waals surface area contributed by atoms with Crippen molar-refractivity contribution in [1.29, 1.82) is 0 Å². The smallest absolute Gasteiger partial charge is 0.223 e. The van der Waals surface area contributed by atoms with E-state index in [9.17, 15) is 9.59 Å². The number of amides is 2. The summed E-state index contributed by atoms with van der Waals surface area (Å²) in [6, 6.07) is 8.10. The van der Waals surface area contributed by atoms with E-state index in [2.05, 4.69) is 22.9 Å². The number of carbonyl (C=O) groups is 2. The molecular weight excluding hydrogens is 342 g/mol. The molecule has 0 aliphatic carbocycles. The Labute approximate surface area is 162 Å². The number of carbonyl (C=O) groups excluding carboxylic acids is 2. The van der Waals surface area contributed by atoms with E-state index in [0.29, 0.717) is 32.0 Å². The van der Waals surface area contributed by atoms with Crippen molar-refractivity contribution >= 4 is 11.8 Å². The number of ether oxygens (including phenoxy) is 1. The molecule has 0 spiro atoms. The SMILES string of the molecule is CCOc1ccc(C(C)NC(=O)CCCNC(=O)[C@H]2CCN[C@@H](C)C2)cc1. The van der Waals surface area contributed by atoms with Crippen molar-refractivity contribution in [1.82, 2.24) is 16.0 Å². The zero-order chi connectivity index (χ0) is 19.6. The first kappa shape index (κ1) is 21.2. The van der Waals surface area contributed by atoms with Gasteiger partial charge in [-0.2, -0.15) is 0 Å². The second kappa shape index (κ2) is 10.9. The first-order valence-electron chi connectivity index (χ1n) is 10.0. The van der Waals surface area contributed by atoms with Crippen LogP contribution in [0.2, 0.25) is 0 Å². The van der Waals surface area contributed by atoms with Gasteiger partial charge in [-0.1, -0.05) is 12.1 Å². The van der Waals surface area contributed by atoms with Gasteiger partial charge in [0.1, 0.15) is 5.75 Å². The summed E-state index contributed by atoms with van der Waals surface area (Å²) < 4.78 is 5.43. The molecule has 0 radical (unpaired) electrons. The predicted molar refractivity (Wildman–Crippen MR) is 107 cm³/mol. The van der Waals surface area contributed by atoms with Crippen LogP contribution in [0, 0.1) is 5.92 Å². The van der Waals surface area contributed by atoms with E-state index in [0.717, 1.165) is 30.7 Å². The van der Waals surface area contributed by atoms with Gasteiger partial charge in [-0.3, -0.25) is 9.59 Å². The van der Waals surface area contributed by atoms with Crippen LogP contribution >= 0.6 is 0 Å². The van der Waals surface area contributed by atoms with Gasteiger partial charge in [0.05, 0.1) is 12.6 Å². The van der Waals surface area contributed by atoms with E-state index in [1.165, 1.54) is 0 Å². The van der Waals surface area contributed by atoms with Crippen LogP contribution in [0.25, 0.3) is 0 Å². The van der Waals surface area contributed by atoms with E-state index >= 15 is 0 Å². The van der Waals surface area contributed by atoms with Gasteiger partial charge in [0.25, 0.3) is 0 Å². The molecule has 1 unspecified atom stereocenters. The molecule has 1 heterocycles. The minimum atomic E-state index is -0.0565. The number of hydrogen-bond acceptors (Lipinski definition) is 4. The van der Waals surface area contributed by atoms with Crippen molar-refractivity contribution in [3.05, 3.63) is 29.8 Å². The molecule has 1 fully saturated rings. The summed E-state index contributed by atoms with van der Waals surface area (Å²) in [4.78, 5) is 24.3. The average Bonchev–Trinajstić information content (AvgIpc) is 2.66. The van der Waals surface area contributed by atoms with E-state index in [4.69, 9.17) is 4.74 Å². The molecule has 0 saturated carbocycles. The summed E-state index contributed by atoms with van der Waals surface area (Å²) in [6.07, 6.45) is 2.82. The molecule has 1 aliphatic rings. The molecule has 6 heteroatoms. The minimum Gasteiger partial charge on any atom is -0.494 e. The molecule has 1 saturated heterocycles. The summed E-state index contributed by atoms with van der Waals surface area (Å²) in [5.74, 6) is 1.04. The van der Waals surface area contributed by atoms with Crippen LogP contribution in [0.5, 0.6) is 5.75 Å². The Morgan fingerprint density at radius 2 is 2.04 bits per heavy atom. The molecule has 3 N–H and O–H groups in total. The van der Waals surface area contributed by atoms with Crippen LogP contribution in [0.15, 0.2) is 24.3 Å². The number of nitrogens with one attached hydrogen (secondary N) is 3. The zero-order valence-electron chi connectivity index (χ0n) is 16.7. The van der Waals surface area contributed by atoms with Gasteiger partial charge in [0.15, 0.2) is 0 Å². The molecule has 3 atom stereocenters. The van der Waals surface area contributed by atoms with Gasteiger partial charge in [0, 0.05) is 24.9 Å². The second-order valence-electron chi connectivity index (χ2n) is 7.26. The maximum atomic E-state index is 12.2. The highest BCUT2D eigenvalue weighted by molar-refractivity contribution is 5.79. The third-order valence-corrected chi connectivity index (χ3v) is 4.94. The molecule has 2 amide bonds. The lowest BCUT2D eigenvalue weighted by atomic mass is 9.92. The molecule has 150 valence electrons. The van der Waals surface area contributed by atoms with Crippen molar-refractivity contribution in [2.24, 2.45) is 5.92 Å². The lowest BCUT2D eigenvalue weighted by molar-refractivity contribution is -0.126.